The fourth-order valence-corrected chi connectivity index (χ4v) is 0.485. The molecule has 0 N–H and O–H groups in total. The molecule has 0 saturated carbocycles. The van der Waals surface area contributed by atoms with E-state index in [2.05, 4.69) is 0 Å². The van der Waals surface area contributed by atoms with Crippen LogP contribution in [0.5, 0.6) is 0 Å². The van der Waals surface area contributed by atoms with Gasteiger partial charge in [-0.05, 0) is 0 Å². The lowest BCUT2D eigenvalue weighted by molar-refractivity contribution is -0.671. The average Bonchev–Trinajstić information content (AvgIpc) is 1.69. The minimum atomic E-state index is 0. The molecule has 44 valence electrons. The first-order chi connectivity index (χ1) is 3.39. The third kappa shape index (κ3) is 1.69. The molecule has 1 aromatic heterocycles. The lowest BCUT2D eigenvalue weighted by Gasteiger charge is -1.77. The van der Waals surface area contributed by atoms with Crippen LogP contribution in [0.15, 0.2) is 30.6 Å². The van der Waals surface area contributed by atoms with Gasteiger partial charge in [-0.25, -0.2) is 4.57 Å². The van der Waals surface area contributed by atoms with Crippen LogP contribution >= 0.6 is 0 Å². The molecule has 0 fully saturated rings. The quantitative estimate of drug-likeness (QED) is 0.328. The Morgan fingerprint density at radius 1 is 1.00 bits per heavy atom. The molecule has 0 spiro atoms. The van der Waals surface area contributed by atoms with Gasteiger partial charge in [-0.2, -0.15) is 0 Å². The predicted molar refractivity (Wildman–Crippen MR) is 27.6 cm³/mol. The zero-order valence-electron chi connectivity index (χ0n) is 4.71. The first kappa shape index (κ1) is 7.08. The fraction of sp³-hybridized carbons (Fsp3) is 0.167. The van der Waals surface area contributed by atoms with Crippen LogP contribution < -0.4 is 9.27 Å². The van der Waals surface area contributed by atoms with Crippen LogP contribution in [0.2, 0.25) is 0 Å². The zero-order valence-corrected chi connectivity index (χ0v) is 4.71. The van der Waals surface area contributed by atoms with Gasteiger partial charge in [0, 0.05) is 12.1 Å². The molecule has 0 radical (unpaired) electrons. The molecule has 0 atom stereocenters. The maximum absolute atomic E-state index is 2.00. The Labute approximate surface area is 48.0 Å². The van der Waals surface area contributed by atoms with Gasteiger partial charge in [0.25, 0.3) is 0 Å². The molecule has 0 aliphatic carbocycles. The van der Waals surface area contributed by atoms with Gasteiger partial charge in [-0.1, -0.05) is 6.07 Å². The summed E-state index contributed by atoms with van der Waals surface area (Å²) in [5.41, 5.74) is 0. The highest BCUT2D eigenvalue weighted by molar-refractivity contribution is 4.83. The number of hydrogen-bond acceptors (Lipinski definition) is 0. The van der Waals surface area contributed by atoms with Crippen molar-refractivity contribution in [1.29, 1.82) is 0 Å². The topological polar surface area (TPSA) is 3.88 Å². The number of aryl methyl sites for hydroxylation is 1. The van der Waals surface area contributed by atoms with E-state index in [1.165, 1.54) is 0 Å². The lowest BCUT2D eigenvalue weighted by atomic mass is 10.5. The molecule has 0 bridgehead atoms. The number of pyridine rings is 1. The van der Waals surface area contributed by atoms with E-state index < -0.39 is 0 Å². The summed E-state index contributed by atoms with van der Waals surface area (Å²) >= 11 is 0. The highest BCUT2D eigenvalue weighted by atomic mass is 19.0. The minimum absolute atomic E-state index is 0. The molecule has 1 aromatic rings. The van der Waals surface area contributed by atoms with Crippen molar-refractivity contribution in [2.75, 3.05) is 0 Å². The van der Waals surface area contributed by atoms with Crippen LogP contribution in [-0.4, -0.2) is 0 Å². The summed E-state index contributed by atoms with van der Waals surface area (Å²) in [6.07, 6.45) is 4.00. The van der Waals surface area contributed by atoms with Crippen molar-refractivity contribution in [3.8, 4) is 0 Å². The number of hydrogen-bond donors (Lipinski definition) is 0. The van der Waals surface area contributed by atoms with Crippen LogP contribution in [0.1, 0.15) is 0 Å². The minimum Gasteiger partial charge on any atom is -1.00 e. The Morgan fingerprint density at radius 2 is 1.50 bits per heavy atom. The Kier molecular flexibility index (Phi) is 2.77. The van der Waals surface area contributed by atoms with Crippen LogP contribution in [0.3, 0.4) is 0 Å². The normalized spacial score (nSPS) is 7.62. The smallest absolute Gasteiger partial charge is 0.168 e. The van der Waals surface area contributed by atoms with Crippen molar-refractivity contribution in [3.05, 3.63) is 30.6 Å². The summed E-state index contributed by atoms with van der Waals surface area (Å²) in [4.78, 5) is 0. The molecule has 1 heterocycles. The molecule has 0 saturated heterocycles. The van der Waals surface area contributed by atoms with E-state index in [4.69, 9.17) is 0 Å². The summed E-state index contributed by atoms with van der Waals surface area (Å²) < 4.78 is 2.00. The molecule has 0 aliphatic rings. The van der Waals surface area contributed by atoms with Crippen molar-refractivity contribution in [2.45, 2.75) is 0 Å². The largest absolute Gasteiger partial charge is 1.00 e. The van der Waals surface area contributed by atoms with E-state index in [-0.39, 0.29) is 4.70 Å². The third-order valence-electron chi connectivity index (χ3n) is 0.865. The molecule has 0 aliphatic heterocycles. The highest BCUT2D eigenvalue weighted by Gasteiger charge is 1.78. The number of rotatable bonds is 0. The average molecular weight is 113 g/mol. The van der Waals surface area contributed by atoms with Crippen LogP contribution in [0.4, 0.5) is 0 Å². The summed E-state index contributed by atoms with van der Waals surface area (Å²) in [6, 6.07) is 6.00. The van der Waals surface area contributed by atoms with Crippen molar-refractivity contribution in [2.24, 2.45) is 7.05 Å². The second-order valence-corrected chi connectivity index (χ2v) is 1.54. The Morgan fingerprint density at radius 3 is 1.75 bits per heavy atom. The van der Waals surface area contributed by atoms with Gasteiger partial charge in [-0.3, -0.25) is 0 Å². The van der Waals surface area contributed by atoms with Gasteiger partial charge >= 0.3 is 0 Å². The number of aromatic nitrogens is 1. The molecule has 1 nitrogen and oxygen atoms in total. The molecule has 0 unspecified atom stereocenters. The number of halogens is 1. The maximum Gasteiger partial charge on any atom is 0.168 e. The zero-order chi connectivity index (χ0) is 5.11. The first-order valence-corrected chi connectivity index (χ1v) is 2.30. The van der Waals surface area contributed by atoms with Gasteiger partial charge < -0.3 is 4.70 Å². The van der Waals surface area contributed by atoms with E-state index in [9.17, 15) is 0 Å². The molecule has 1 rings (SSSR count). The van der Waals surface area contributed by atoms with Crippen LogP contribution in [-0.2, 0) is 7.05 Å². The van der Waals surface area contributed by atoms with Crippen LogP contribution in [0.25, 0.3) is 0 Å². The third-order valence-corrected chi connectivity index (χ3v) is 0.865. The Hall–Kier alpha value is -0.920. The Bertz CT molecular complexity index is 138. The van der Waals surface area contributed by atoms with E-state index in [1.807, 2.05) is 42.2 Å². The molecule has 0 aromatic carbocycles. The van der Waals surface area contributed by atoms with E-state index in [0.29, 0.717) is 0 Å². The van der Waals surface area contributed by atoms with Crippen molar-refractivity contribution < 1.29 is 9.27 Å². The monoisotopic (exact) mass is 113 g/mol. The fourth-order valence-electron chi connectivity index (χ4n) is 0.485. The lowest BCUT2D eigenvalue weighted by Crippen LogP contribution is -3.00. The molecular formula is C6H8FN. The van der Waals surface area contributed by atoms with E-state index in [0.717, 1.165) is 0 Å². The van der Waals surface area contributed by atoms with Crippen molar-refractivity contribution >= 4 is 0 Å². The van der Waals surface area contributed by atoms with Crippen molar-refractivity contribution in [3.63, 3.8) is 0 Å². The summed E-state index contributed by atoms with van der Waals surface area (Å²) in [5.74, 6) is 0. The van der Waals surface area contributed by atoms with E-state index in [1.54, 1.807) is 0 Å². The SMILES string of the molecule is C[n+]1ccccc1.[F-]. The maximum atomic E-state index is 2.00. The summed E-state index contributed by atoms with van der Waals surface area (Å²) in [7, 11) is 2.00. The molecule has 0 amide bonds. The molecule has 8 heavy (non-hydrogen) atoms. The molecular weight excluding hydrogens is 105 g/mol. The standard InChI is InChI=1S/C6H8N.FH/c1-7-5-3-2-4-6-7;/h2-6H,1H3;1H/q+1;/p-1. The summed E-state index contributed by atoms with van der Waals surface area (Å²) in [5, 5.41) is 0. The second kappa shape index (κ2) is 3.13. The van der Waals surface area contributed by atoms with Crippen molar-refractivity contribution in [1.82, 2.24) is 0 Å². The van der Waals surface area contributed by atoms with Gasteiger partial charge in [0.1, 0.15) is 7.05 Å². The summed E-state index contributed by atoms with van der Waals surface area (Å²) in [6.45, 7) is 0. The first-order valence-electron chi connectivity index (χ1n) is 2.30. The van der Waals surface area contributed by atoms with Gasteiger partial charge in [0.05, 0.1) is 0 Å². The Balaban J connectivity index is 0.000000490. The van der Waals surface area contributed by atoms with E-state index >= 15 is 0 Å². The second-order valence-electron chi connectivity index (χ2n) is 1.54. The molecule has 2 heteroatoms. The predicted octanol–water partition coefficient (Wildman–Crippen LogP) is -2.48. The van der Waals surface area contributed by atoms with Gasteiger partial charge in [0.15, 0.2) is 12.4 Å². The van der Waals surface area contributed by atoms with Crippen LogP contribution in [0, 0.1) is 0 Å². The van der Waals surface area contributed by atoms with Gasteiger partial charge in [0.2, 0.25) is 0 Å². The highest BCUT2D eigenvalue weighted by Crippen LogP contribution is 1.71. The number of nitrogens with zero attached hydrogens (tertiary/aromatic N) is 1. The van der Waals surface area contributed by atoms with Gasteiger partial charge in [-0.15, -0.1) is 0 Å².